The summed E-state index contributed by atoms with van der Waals surface area (Å²) in [5.41, 5.74) is 6.87. The van der Waals surface area contributed by atoms with Crippen LogP contribution in [0.1, 0.15) is 5.69 Å². The van der Waals surface area contributed by atoms with Crippen LogP contribution in [0, 0.1) is 6.92 Å². The maximum atomic E-state index is 4.80. The molecule has 0 unspecified atom stereocenters. The Kier molecular flexibility index (Phi) is 3.45. The van der Waals surface area contributed by atoms with Crippen LogP contribution in [-0.4, -0.2) is 49.7 Å². The van der Waals surface area contributed by atoms with Gasteiger partial charge in [0.15, 0.2) is 11.5 Å². The van der Waals surface area contributed by atoms with E-state index in [-0.39, 0.29) is 0 Å². The maximum Gasteiger partial charge on any atom is 0.161 e. The van der Waals surface area contributed by atoms with Gasteiger partial charge in [-0.2, -0.15) is 5.10 Å². The molecule has 6 heterocycles. The molecule has 0 spiro atoms. The van der Waals surface area contributed by atoms with Crippen LogP contribution in [-0.2, 0) is 0 Å². The van der Waals surface area contributed by atoms with E-state index in [2.05, 4.69) is 35.1 Å². The number of nitrogens with one attached hydrogen (secondary N) is 2. The number of fused-ring (bicyclic) bond motifs is 2. The first-order valence-electron chi connectivity index (χ1n) is 9.23. The summed E-state index contributed by atoms with van der Waals surface area (Å²) in [4.78, 5) is 29.9. The van der Waals surface area contributed by atoms with Crippen LogP contribution < -0.4 is 0 Å². The predicted molar refractivity (Wildman–Crippen MR) is 110 cm³/mol. The quantitative estimate of drug-likeness (QED) is 0.472. The van der Waals surface area contributed by atoms with Crippen molar-refractivity contribution in [2.24, 2.45) is 0 Å². The van der Waals surface area contributed by atoms with Crippen molar-refractivity contribution in [1.82, 2.24) is 49.7 Å². The topological polar surface area (TPSA) is 127 Å². The van der Waals surface area contributed by atoms with Crippen molar-refractivity contribution in [2.75, 3.05) is 0 Å². The second-order valence-corrected chi connectivity index (χ2v) is 6.82. The van der Waals surface area contributed by atoms with Crippen molar-refractivity contribution in [1.29, 1.82) is 0 Å². The molecule has 0 aromatic carbocycles. The van der Waals surface area contributed by atoms with Gasteiger partial charge in [-0.05, 0) is 19.1 Å². The minimum absolute atomic E-state index is 0.603. The fourth-order valence-electron chi connectivity index (χ4n) is 3.41. The molecule has 6 aromatic rings. The van der Waals surface area contributed by atoms with Gasteiger partial charge >= 0.3 is 0 Å². The lowest BCUT2D eigenvalue weighted by Crippen LogP contribution is -1.92. The monoisotopic (exact) mass is 394 g/mol. The fourth-order valence-corrected chi connectivity index (χ4v) is 3.41. The highest BCUT2D eigenvalue weighted by molar-refractivity contribution is 5.92. The number of pyridine rings is 2. The highest BCUT2D eigenvalue weighted by Gasteiger charge is 2.17. The van der Waals surface area contributed by atoms with Gasteiger partial charge in [-0.25, -0.2) is 15.0 Å². The highest BCUT2D eigenvalue weighted by atomic mass is 15.2. The molecule has 0 saturated heterocycles. The largest absolute Gasteiger partial charge is 0.335 e. The molecule has 0 saturated carbocycles. The van der Waals surface area contributed by atoms with E-state index in [1.807, 2.05) is 29.8 Å². The normalized spacial score (nSPS) is 11.5. The third kappa shape index (κ3) is 2.54. The van der Waals surface area contributed by atoms with Crippen molar-refractivity contribution in [3.05, 3.63) is 61.3 Å². The Morgan fingerprint density at radius 2 is 1.83 bits per heavy atom. The zero-order chi connectivity index (χ0) is 20.1. The first kappa shape index (κ1) is 16.5. The van der Waals surface area contributed by atoms with Gasteiger partial charge in [0.05, 0.1) is 53.0 Å². The minimum atomic E-state index is 0.603. The molecule has 0 atom stereocenters. The number of aromatic nitrogens is 10. The molecule has 2 N–H and O–H groups in total. The molecule has 30 heavy (non-hydrogen) atoms. The van der Waals surface area contributed by atoms with Gasteiger partial charge in [0.2, 0.25) is 0 Å². The number of rotatable bonds is 3. The summed E-state index contributed by atoms with van der Waals surface area (Å²) in [7, 11) is 0. The lowest BCUT2D eigenvalue weighted by atomic mass is 10.2. The van der Waals surface area contributed by atoms with Crippen LogP contribution in [0.4, 0.5) is 0 Å². The second kappa shape index (κ2) is 6.27. The molecule has 10 nitrogen and oxygen atoms in total. The van der Waals surface area contributed by atoms with Gasteiger partial charge in [-0.3, -0.25) is 20.1 Å². The predicted octanol–water partition coefficient (Wildman–Crippen LogP) is 2.85. The van der Waals surface area contributed by atoms with Gasteiger partial charge < -0.3 is 9.55 Å². The fraction of sp³-hybridized carbons (Fsp3) is 0.0500. The third-order valence-corrected chi connectivity index (χ3v) is 4.82. The standard InChI is InChI=1S/C20H14N10/c1-11-9-30(10-24-11)16-8-22-7-15-17(16)27-20(26-15)19-18-13(28-29-19)3-2-12(25-18)14-6-21-4-5-23-14/h2-10H,1H3,(H,26,27)(H,28,29). The van der Waals surface area contributed by atoms with Crippen molar-refractivity contribution >= 4 is 22.1 Å². The van der Waals surface area contributed by atoms with E-state index < -0.39 is 0 Å². The molecule has 6 rings (SSSR count). The number of aromatic amines is 2. The molecule has 0 aliphatic rings. The van der Waals surface area contributed by atoms with Crippen molar-refractivity contribution in [3.63, 3.8) is 0 Å². The number of nitrogens with zero attached hydrogens (tertiary/aromatic N) is 8. The van der Waals surface area contributed by atoms with E-state index in [0.717, 1.165) is 27.9 Å². The van der Waals surface area contributed by atoms with Gasteiger partial charge in [-0.1, -0.05) is 0 Å². The van der Waals surface area contributed by atoms with Gasteiger partial charge in [-0.15, -0.1) is 0 Å². The van der Waals surface area contributed by atoms with Crippen LogP contribution in [0.25, 0.3) is 50.7 Å². The Balaban J connectivity index is 1.52. The molecular formula is C20H14N10. The van der Waals surface area contributed by atoms with E-state index in [1.54, 1.807) is 37.3 Å². The zero-order valence-corrected chi connectivity index (χ0v) is 15.8. The zero-order valence-electron chi connectivity index (χ0n) is 15.8. The second-order valence-electron chi connectivity index (χ2n) is 6.82. The van der Waals surface area contributed by atoms with Crippen LogP contribution in [0.5, 0.6) is 0 Å². The number of hydrogen-bond acceptors (Lipinski definition) is 7. The molecule has 0 fully saturated rings. The number of imidazole rings is 2. The summed E-state index contributed by atoms with van der Waals surface area (Å²) in [5.74, 6) is 0.603. The van der Waals surface area contributed by atoms with Gasteiger partial charge in [0, 0.05) is 18.6 Å². The van der Waals surface area contributed by atoms with Crippen molar-refractivity contribution in [3.8, 4) is 28.6 Å². The van der Waals surface area contributed by atoms with Crippen LogP contribution >= 0.6 is 0 Å². The molecule has 144 valence electrons. The Morgan fingerprint density at radius 1 is 0.867 bits per heavy atom. The Morgan fingerprint density at radius 3 is 2.67 bits per heavy atom. The number of H-pyrrole nitrogens is 2. The number of hydrogen-bond donors (Lipinski definition) is 2. The van der Waals surface area contributed by atoms with E-state index >= 15 is 0 Å². The Bertz CT molecular complexity index is 1510. The SMILES string of the molecule is Cc1cn(-c2cncc3[nH]c(-c4n[nH]c5ccc(-c6cnccn6)nc45)nc23)cn1. The van der Waals surface area contributed by atoms with Crippen LogP contribution in [0.3, 0.4) is 0 Å². The smallest absolute Gasteiger partial charge is 0.161 e. The lowest BCUT2D eigenvalue weighted by Gasteiger charge is -2.01. The average Bonchev–Trinajstić information content (AvgIpc) is 3.51. The maximum absolute atomic E-state index is 4.80. The summed E-state index contributed by atoms with van der Waals surface area (Å²) in [6.45, 7) is 1.94. The average molecular weight is 394 g/mol. The summed E-state index contributed by atoms with van der Waals surface area (Å²) in [6.07, 6.45) is 12.1. The summed E-state index contributed by atoms with van der Waals surface area (Å²) < 4.78 is 1.91. The Hall–Kier alpha value is -4.47. The molecule has 10 heteroatoms. The summed E-state index contributed by atoms with van der Waals surface area (Å²) in [6, 6.07) is 3.81. The Labute approximate surface area is 169 Å². The van der Waals surface area contributed by atoms with Crippen LogP contribution in [0.15, 0.2) is 55.6 Å². The molecule has 0 radical (unpaired) electrons. The molecule has 0 amide bonds. The molecule has 0 aliphatic carbocycles. The van der Waals surface area contributed by atoms with E-state index in [0.29, 0.717) is 28.4 Å². The molecule has 0 aliphatic heterocycles. The highest BCUT2D eigenvalue weighted by Crippen LogP contribution is 2.28. The summed E-state index contributed by atoms with van der Waals surface area (Å²) in [5, 5.41) is 7.47. The first-order chi connectivity index (χ1) is 14.8. The van der Waals surface area contributed by atoms with Gasteiger partial charge in [0.1, 0.15) is 16.7 Å². The molecular weight excluding hydrogens is 380 g/mol. The van der Waals surface area contributed by atoms with Crippen molar-refractivity contribution in [2.45, 2.75) is 6.92 Å². The molecule has 0 bridgehead atoms. The van der Waals surface area contributed by atoms with E-state index in [4.69, 9.17) is 9.97 Å². The third-order valence-electron chi connectivity index (χ3n) is 4.82. The van der Waals surface area contributed by atoms with E-state index in [1.165, 1.54) is 0 Å². The van der Waals surface area contributed by atoms with Crippen LogP contribution in [0.2, 0.25) is 0 Å². The minimum Gasteiger partial charge on any atom is -0.335 e. The lowest BCUT2D eigenvalue weighted by molar-refractivity contribution is 1.05. The van der Waals surface area contributed by atoms with Crippen molar-refractivity contribution < 1.29 is 0 Å². The van der Waals surface area contributed by atoms with Gasteiger partial charge in [0.25, 0.3) is 0 Å². The first-order valence-corrected chi connectivity index (χ1v) is 9.23. The summed E-state index contributed by atoms with van der Waals surface area (Å²) >= 11 is 0. The number of aryl methyl sites for hydroxylation is 1. The molecule has 6 aromatic heterocycles. The van der Waals surface area contributed by atoms with E-state index in [9.17, 15) is 0 Å².